The van der Waals surface area contributed by atoms with Gasteiger partial charge in [0, 0.05) is 24.1 Å². The smallest absolute Gasteiger partial charge is 0.165 e. The van der Waals surface area contributed by atoms with Crippen LogP contribution in [0.15, 0.2) is 121 Å². The van der Waals surface area contributed by atoms with E-state index in [9.17, 15) is 5.11 Å². The van der Waals surface area contributed by atoms with Crippen molar-refractivity contribution >= 4 is 0 Å². The van der Waals surface area contributed by atoms with Gasteiger partial charge in [-0.15, -0.1) is 0 Å². The van der Waals surface area contributed by atoms with E-state index in [4.69, 9.17) is 18.9 Å². The Hall–Kier alpha value is -4.81. The maximum atomic E-state index is 15.1. The molecular weight excluding hydrogens is 531 g/mol. The molecule has 0 fully saturated rings. The number of fused-ring (bicyclic) bond motifs is 1. The summed E-state index contributed by atoms with van der Waals surface area (Å²) in [5, 5.41) is 11.1. The first-order chi connectivity index (χ1) is 20.6. The molecule has 0 saturated heterocycles. The van der Waals surface area contributed by atoms with Gasteiger partial charge >= 0.3 is 0 Å². The third-order valence-electron chi connectivity index (χ3n) is 7.17. The number of hydrogen-bond donors (Lipinski definition) is 1. The molecule has 0 bridgehead atoms. The van der Waals surface area contributed by atoms with Crippen molar-refractivity contribution in [2.24, 2.45) is 0 Å². The van der Waals surface area contributed by atoms with Crippen molar-refractivity contribution in [2.45, 2.75) is 38.4 Å². The van der Waals surface area contributed by atoms with Crippen molar-refractivity contribution in [1.82, 2.24) is 0 Å². The highest BCUT2D eigenvalue weighted by molar-refractivity contribution is 5.53. The number of ether oxygens (including phenoxy) is 4. The first kappa shape index (κ1) is 27.4. The molecule has 1 aliphatic rings. The molecular formula is C36H31FO5. The van der Waals surface area contributed by atoms with Crippen molar-refractivity contribution in [3.8, 4) is 23.0 Å². The Balaban J connectivity index is 1.23. The van der Waals surface area contributed by atoms with Gasteiger partial charge in [0.05, 0.1) is 6.10 Å². The molecule has 1 N–H and O–H groups in total. The number of halogens is 1. The van der Waals surface area contributed by atoms with Gasteiger partial charge in [0.1, 0.15) is 43.2 Å². The van der Waals surface area contributed by atoms with Gasteiger partial charge in [-0.2, -0.15) is 0 Å². The van der Waals surface area contributed by atoms with Gasteiger partial charge in [-0.1, -0.05) is 97.1 Å². The monoisotopic (exact) mass is 562 g/mol. The molecule has 6 heteroatoms. The van der Waals surface area contributed by atoms with Crippen molar-refractivity contribution < 1.29 is 28.4 Å². The van der Waals surface area contributed by atoms with Crippen LogP contribution in [0.5, 0.6) is 23.0 Å². The van der Waals surface area contributed by atoms with Gasteiger partial charge in [-0.05, 0) is 34.4 Å². The minimum Gasteiger partial charge on any atom is -0.489 e. The highest BCUT2D eigenvalue weighted by Gasteiger charge is 2.33. The summed E-state index contributed by atoms with van der Waals surface area (Å²) < 4.78 is 39.4. The molecule has 0 saturated carbocycles. The van der Waals surface area contributed by atoms with Crippen LogP contribution in [0.3, 0.4) is 0 Å². The third kappa shape index (κ3) is 6.56. The molecule has 2 atom stereocenters. The Labute approximate surface area is 244 Å². The van der Waals surface area contributed by atoms with E-state index < -0.39 is 18.0 Å². The summed E-state index contributed by atoms with van der Waals surface area (Å²) >= 11 is 0. The van der Waals surface area contributed by atoms with Crippen molar-refractivity contribution in [3.05, 3.63) is 155 Å². The van der Waals surface area contributed by atoms with Gasteiger partial charge < -0.3 is 24.1 Å². The summed E-state index contributed by atoms with van der Waals surface area (Å²) in [5.74, 6) is 1.31. The van der Waals surface area contributed by atoms with Crippen LogP contribution in [0.4, 0.5) is 4.39 Å². The van der Waals surface area contributed by atoms with Gasteiger partial charge in [0.2, 0.25) is 0 Å². The molecule has 0 spiro atoms. The first-order valence-electron chi connectivity index (χ1n) is 13.9. The standard InChI is InChI=1S/C36H31FO5/c37-31-18-28(16-17-33(31)40-23-26-12-6-2-7-13-26)36-32(38)21-30-34(41-24-27-14-8-3-9-15-27)19-29(20-35(30)42-36)39-22-25-10-4-1-5-11-25/h1-20,32,36,38H,21-24H2/t32-,36?/m0/s1. The molecule has 5 nitrogen and oxygen atoms in total. The summed E-state index contributed by atoms with van der Waals surface area (Å²) in [4.78, 5) is 0. The van der Waals surface area contributed by atoms with E-state index >= 15 is 4.39 Å². The molecule has 1 heterocycles. The topological polar surface area (TPSA) is 57.2 Å². The van der Waals surface area contributed by atoms with Crippen molar-refractivity contribution in [1.29, 1.82) is 0 Å². The Kier molecular flexibility index (Phi) is 8.33. The summed E-state index contributed by atoms with van der Waals surface area (Å²) in [6, 6.07) is 37.6. The minimum absolute atomic E-state index is 0.140. The van der Waals surface area contributed by atoms with Gasteiger partial charge in [-0.3, -0.25) is 0 Å². The van der Waals surface area contributed by atoms with Crippen LogP contribution < -0.4 is 18.9 Å². The molecule has 0 amide bonds. The molecule has 0 radical (unpaired) electrons. The zero-order valence-corrected chi connectivity index (χ0v) is 23.0. The van der Waals surface area contributed by atoms with E-state index in [2.05, 4.69) is 0 Å². The minimum atomic E-state index is -0.914. The second-order valence-corrected chi connectivity index (χ2v) is 10.2. The van der Waals surface area contributed by atoms with Crippen LogP contribution in [0.2, 0.25) is 0 Å². The Morgan fingerprint density at radius 1 is 0.643 bits per heavy atom. The van der Waals surface area contributed by atoms with Crippen LogP contribution in [-0.4, -0.2) is 11.2 Å². The highest BCUT2D eigenvalue weighted by Crippen LogP contribution is 2.43. The van der Waals surface area contributed by atoms with Gasteiger partial charge in [0.25, 0.3) is 0 Å². The summed E-state index contributed by atoms with van der Waals surface area (Å²) in [6.07, 6.45) is -1.42. The first-order valence-corrected chi connectivity index (χ1v) is 13.9. The van der Waals surface area contributed by atoms with E-state index in [-0.39, 0.29) is 18.8 Å². The molecule has 5 aromatic carbocycles. The lowest BCUT2D eigenvalue weighted by atomic mass is 9.94. The molecule has 1 unspecified atom stereocenters. The summed E-state index contributed by atoms with van der Waals surface area (Å²) in [6.45, 7) is 0.981. The molecule has 1 aliphatic heterocycles. The SMILES string of the molecule is O[C@H]1Cc2c(OCc3ccccc3)cc(OCc3ccccc3)cc2OC1c1ccc(OCc2ccccc2)c(F)c1. The van der Waals surface area contributed by atoms with Gasteiger partial charge in [0.15, 0.2) is 11.6 Å². The van der Waals surface area contributed by atoms with E-state index in [0.717, 1.165) is 22.3 Å². The Morgan fingerprint density at radius 3 is 1.76 bits per heavy atom. The largest absolute Gasteiger partial charge is 0.489 e. The normalized spacial score (nSPS) is 15.8. The fourth-order valence-electron chi connectivity index (χ4n) is 4.96. The fraction of sp³-hybridized carbons (Fsp3) is 0.167. The second-order valence-electron chi connectivity index (χ2n) is 10.2. The molecule has 0 aromatic heterocycles. The summed E-state index contributed by atoms with van der Waals surface area (Å²) in [5.41, 5.74) is 4.24. The maximum absolute atomic E-state index is 15.1. The van der Waals surface area contributed by atoms with Crippen molar-refractivity contribution in [2.75, 3.05) is 0 Å². The Bertz CT molecular complexity index is 1610. The number of aliphatic hydroxyl groups is 1. The molecule has 5 aromatic rings. The average Bonchev–Trinajstić information content (AvgIpc) is 3.03. The Morgan fingerprint density at radius 2 is 1.19 bits per heavy atom. The lowest BCUT2D eigenvalue weighted by Crippen LogP contribution is -2.30. The molecule has 42 heavy (non-hydrogen) atoms. The zero-order chi connectivity index (χ0) is 28.7. The van der Waals surface area contributed by atoms with E-state index in [0.29, 0.717) is 36.0 Å². The quantitative estimate of drug-likeness (QED) is 0.190. The lowest BCUT2D eigenvalue weighted by molar-refractivity contribution is 0.0192. The van der Waals surface area contributed by atoms with Crippen LogP contribution in [-0.2, 0) is 26.2 Å². The van der Waals surface area contributed by atoms with Crippen LogP contribution in [0.1, 0.15) is 33.9 Å². The molecule has 212 valence electrons. The van der Waals surface area contributed by atoms with Crippen LogP contribution in [0.25, 0.3) is 0 Å². The number of aliphatic hydroxyl groups excluding tert-OH is 1. The van der Waals surface area contributed by atoms with Crippen LogP contribution in [0, 0.1) is 5.82 Å². The van der Waals surface area contributed by atoms with Gasteiger partial charge in [-0.25, -0.2) is 4.39 Å². The summed E-state index contributed by atoms with van der Waals surface area (Å²) in [7, 11) is 0. The zero-order valence-electron chi connectivity index (χ0n) is 23.0. The predicted octanol–water partition coefficient (Wildman–Crippen LogP) is 7.60. The maximum Gasteiger partial charge on any atom is 0.165 e. The lowest BCUT2D eigenvalue weighted by Gasteiger charge is -2.32. The average molecular weight is 563 g/mol. The number of rotatable bonds is 10. The fourth-order valence-corrected chi connectivity index (χ4v) is 4.96. The van der Waals surface area contributed by atoms with E-state index in [1.54, 1.807) is 18.2 Å². The predicted molar refractivity (Wildman–Crippen MR) is 158 cm³/mol. The molecule has 6 rings (SSSR count). The number of hydrogen-bond acceptors (Lipinski definition) is 5. The van der Waals surface area contributed by atoms with E-state index in [1.165, 1.54) is 6.07 Å². The van der Waals surface area contributed by atoms with E-state index in [1.807, 2.05) is 97.1 Å². The second kappa shape index (κ2) is 12.8. The van der Waals surface area contributed by atoms with Crippen LogP contribution >= 0.6 is 0 Å². The molecule has 0 aliphatic carbocycles. The third-order valence-corrected chi connectivity index (χ3v) is 7.17. The van der Waals surface area contributed by atoms with Crippen molar-refractivity contribution in [3.63, 3.8) is 0 Å². The number of benzene rings is 5. The highest BCUT2D eigenvalue weighted by atomic mass is 19.1.